The van der Waals surface area contributed by atoms with Crippen LogP contribution in [0.4, 0.5) is 0 Å². The van der Waals surface area contributed by atoms with Gasteiger partial charge in [0.05, 0.1) is 0 Å². The summed E-state index contributed by atoms with van der Waals surface area (Å²) in [5, 5.41) is 1.16. The molecular weight excluding hydrogens is 176 g/mol. The van der Waals surface area contributed by atoms with E-state index in [0.717, 1.165) is 36.2 Å². The van der Waals surface area contributed by atoms with Crippen molar-refractivity contribution in [3.8, 4) is 0 Å². The Morgan fingerprint density at radius 3 is 2.93 bits per heavy atom. The lowest BCUT2D eigenvalue weighted by atomic mass is 10.2. The third-order valence-electron chi connectivity index (χ3n) is 2.69. The van der Waals surface area contributed by atoms with Gasteiger partial charge in [-0.05, 0) is 25.0 Å². The molecule has 2 heteroatoms. The number of hydrogen-bond acceptors (Lipinski definition) is 2. The van der Waals surface area contributed by atoms with Crippen LogP contribution in [-0.2, 0) is 4.74 Å². The van der Waals surface area contributed by atoms with Crippen molar-refractivity contribution in [2.75, 3.05) is 6.61 Å². The highest BCUT2D eigenvalue weighted by atomic mass is 16.5. The number of benzene rings is 1. The Labute approximate surface area is 82.5 Å². The number of ether oxygens (including phenoxy) is 1. The molecule has 1 aromatic carbocycles. The largest absolute Gasteiger partial charge is 0.458 e. The standard InChI is InChI=1S/C12H12O2/c1-2-5-10-9(4-1)8-12(14-10)11-6-3-7-13-11/h1-2,4-5,8,11H,3,6-7H2. The molecule has 1 aliphatic rings. The van der Waals surface area contributed by atoms with Gasteiger partial charge in [-0.1, -0.05) is 18.2 Å². The highest BCUT2D eigenvalue weighted by Gasteiger charge is 2.21. The van der Waals surface area contributed by atoms with Gasteiger partial charge in [0.15, 0.2) is 0 Å². The molecule has 2 nitrogen and oxygen atoms in total. The van der Waals surface area contributed by atoms with E-state index < -0.39 is 0 Å². The number of rotatable bonds is 1. The summed E-state index contributed by atoms with van der Waals surface area (Å²) in [5.41, 5.74) is 0.956. The topological polar surface area (TPSA) is 22.4 Å². The fourth-order valence-corrected chi connectivity index (χ4v) is 1.96. The first-order valence-electron chi connectivity index (χ1n) is 5.03. The van der Waals surface area contributed by atoms with E-state index in [2.05, 4.69) is 12.1 Å². The van der Waals surface area contributed by atoms with Crippen molar-refractivity contribution in [3.05, 3.63) is 36.1 Å². The third-order valence-corrected chi connectivity index (χ3v) is 2.69. The molecular formula is C12H12O2. The van der Waals surface area contributed by atoms with Crippen molar-refractivity contribution in [1.82, 2.24) is 0 Å². The average Bonchev–Trinajstić information content (AvgIpc) is 2.86. The van der Waals surface area contributed by atoms with E-state index in [1.165, 1.54) is 0 Å². The van der Waals surface area contributed by atoms with Gasteiger partial charge in [-0.15, -0.1) is 0 Å². The first-order chi connectivity index (χ1) is 6.93. The van der Waals surface area contributed by atoms with E-state index in [1.807, 2.05) is 18.2 Å². The van der Waals surface area contributed by atoms with Crippen LogP contribution in [0.25, 0.3) is 11.0 Å². The van der Waals surface area contributed by atoms with Gasteiger partial charge in [0.25, 0.3) is 0 Å². The van der Waals surface area contributed by atoms with Crippen LogP contribution >= 0.6 is 0 Å². The maximum Gasteiger partial charge on any atom is 0.134 e. The van der Waals surface area contributed by atoms with Crippen molar-refractivity contribution in [3.63, 3.8) is 0 Å². The summed E-state index contributed by atoms with van der Waals surface area (Å²) < 4.78 is 11.3. The average molecular weight is 188 g/mol. The zero-order chi connectivity index (χ0) is 9.38. The summed E-state index contributed by atoms with van der Waals surface area (Å²) in [4.78, 5) is 0. The summed E-state index contributed by atoms with van der Waals surface area (Å²) in [6, 6.07) is 10.2. The van der Waals surface area contributed by atoms with Gasteiger partial charge in [0, 0.05) is 12.0 Å². The Kier molecular flexibility index (Phi) is 1.81. The Hall–Kier alpha value is -1.28. The highest BCUT2D eigenvalue weighted by molar-refractivity contribution is 5.77. The second-order valence-corrected chi connectivity index (χ2v) is 3.69. The first-order valence-corrected chi connectivity index (χ1v) is 5.03. The smallest absolute Gasteiger partial charge is 0.134 e. The quantitative estimate of drug-likeness (QED) is 0.685. The molecule has 2 heterocycles. The molecule has 1 saturated heterocycles. The van der Waals surface area contributed by atoms with E-state index >= 15 is 0 Å². The number of fused-ring (bicyclic) bond motifs is 1. The van der Waals surface area contributed by atoms with Gasteiger partial charge in [0.2, 0.25) is 0 Å². The molecule has 14 heavy (non-hydrogen) atoms. The van der Waals surface area contributed by atoms with Crippen LogP contribution in [0.1, 0.15) is 24.7 Å². The minimum Gasteiger partial charge on any atom is -0.458 e. The minimum absolute atomic E-state index is 0.183. The molecule has 1 aromatic heterocycles. The van der Waals surface area contributed by atoms with E-state index in [4.69, 9.17) is 9.15 Å². The molecule has 0 bridgehead atoms. The van der Waals surface area contributed by atoms with E-state index in [0.29, 0.717) is 0 Å². The van der Waals surface area contributed by atoms with Gasteiger partial charge in [-0.3, -0.25) is 0 Å². The van der Waals surface area contributed by atoms with Gasteiger partial charge in [-0.25, -0.2) is 0 Å². The third kappa shape index (κ3) is 1.23. The normalized spacial score (nSPS) is 21.9. The molecule has 1 aliphatic heterocycles. The van der Waals surface area contributed by atoms with Gasteiger partial charge < -0.3 is 9.15 Å². The number of hydrogen-bond donors (Lipinski definition) is 0. The molecule has 3 rings (SSSR count). The molecule has 0 saturated carbocycles. The second kappa shape index (κ2) is 3.14. The predicted molar refractivity (Wildman–Crippen MR) is 54.1 cm³/mol. The van der Waals surface area contributed by atoms with E-state index in [-0.39, 0.29) is 6.10 Å². The fourth-order valence-electron chi connectivity index (χ4n) is 1.96. The predicted octanol–water partition coefficient (Wildman–Crippen LogP) is 3.28. The Morgan fingerprint density at radius 1 is 1.21 bits per heavy atom. The molecule has 1 fully saturated rings. The van der Waals surface area contributed by atoms with Crippen LogP contribution < -0.4 is 0 Å². The Bertz CT molecular complexity index is 405. The summed E-state index contributed by atoms with van der Waals surface area (Å²) in [7, 11) is 0. The molecule has 0 amide bonds. The van der Waals surface area contributed by atoms with Crippen LogP contribution in [0.2, 0.25) is 0 Å². The second-order valence-electron chi connectivity index (χ2n) is 3.69. The summed E-state index contributed by atoms with van der Waals surface area (Å²) in [6.45, 7) is 0.863. The summed E-state index contributed by atoms with van der Waals surface area (Å²) in [5.74, 6) is 0.976. The molecule has 1 unspecified atom stereocenters. The van der Waals surface area contributed by atoms with Crippen molar-refractivity contribution in [2.24, 2.45) is 0 Å². The molecule has 0 N–H and O–H groups in total. The van der Waals surface area contributed by atoms with Crippen LogP contribution in [0.15, 0.2) is 34.7 Å². The first kappa shape index (κ1) is 8.06. The van der Waals surface area contributed by atoms with Gasteiger partial charge in [0.1, 0.15) is 17.4 Å². The summed E-state index contributed by atoms with van der Waals surface area (Å²) >= 11 is 0. The maximum atomic E-state index is 5.73. The lowest BCUT2D eigenvalue weighted by Gasteiger charge is -2.03. The zero-order valence-corrected chi connectivity index (χ0v) is 7.90. The van der Waals surface area contributed by atoms with Crippen molar-refractivity contribution in [1.29, 1.82) is 0 Å². The maximum absolute atomic E-state index is 5.73. The molecule has 0 aliphatic carbocycles. The highest BCUT2D eigenvalue weighted by Crippen LogP contribution is 2.32. The Balaban J connectivity index is 2.05. The van der Waals surface area contributed by atoms with Crippen molar-refractivity contribution in [2.45, 2.75) is 18.9 Å². The van der Waals surface area contributed by atoms with Crippen LogP contribution in [0.5, 0.6) is 0 Å². The number of furan rings is 1. The van der Waals surface area contributed by atoms with Crippen LogP contribution in [0.3, 0.4) is 0 Å². The molecule has 2 aromatic rings. The molecule has 0 radical (unpaired) electrons. The van der Waals surface area contributed by atoms with Gasteiger partial charge in [-0.2, -0.15) is 0 Å². The van der Waals surface area contributed by atoms with Gasteiger partial charge >= 0.3 is 0 Å². The summed E-state index contributed by atoms with van der Waals surface area (Å²) in [6.07, 6.45) is 2.41. The SMILES string of the molecule is c1ccc2oc(C3CCCO3)cc2c1. The Morgan fingerprint density at radius 2 is 2.14 bits per heavy atom. The fraction of sp³-hybridized carbons (Fsp3) is 0.333. The molecule has 0 spiro atoms. The molecule has 1 atom stereocenters. The number of para-hydroxylation sites is 1. The minimum atomic E-state index is 0.183. The van der Waals surface area contributed by atoms with E-state index in [9.17, 15) is 0 Å². The lowest BCUT2D eigenvalue weighted by Crippen LogP contribution is -1.91. The van der Waals surface area contributed by atoms with Crippen LogP contribution in [-0.4, -0.2) is 6.61 Å². The van der Waals surface area contributed by atoms with Crippen molar-refractivity contribution >= 4 is 11.0 Å². The van der Waals surface area contributed by atoms with Crippen molar-refractivity contribution < 1.29 is 9.15 Å². The lowest BCUT2D eigenvalue weighted by molar-refractivity contribution is 0.0950. The van der Waals surface area contributed by atoms with E-state index in [1.54, 1.807) is 0 Å². The zero-order valence-electron chi connectivity index (χ0n) is 7.90. The molecule has 72 valence electrons. The monoisotopic (exact) mass is 188 g/mol. The van der Waals surface area contributed by atoms with Crippen LogP contribution in [0, 0.1) is 0 Å².